The van der Waals surface area contributed by atoms with E-state index in [9.17, 15) is 9.90 Å². The van der Waals surface area contributed by atoms with Crippen molar-refractivity contribution in [2.24, 2.45) is 0 Å². The molecule has 2 rings (SSSR count). The van der Waals surface area contributed by atoms with Crippen LogP contribution < -0.4 is 16.2 Å². The Morgan fingerprint density at radius 2 is 2.15 bits per heavy atom. The maximum absolute atomic E-state index is 11.9. The lowest BCUT2D eigenvalue weighted by molar-refractivity contribution is 0.472. The minimum Gasteiger partial charge on any atom is -0.507 e. The summed E-state index contributed by atoms with van der Waals surface area (Å²) in [6, 6.07) is 7.08. The van der Waals surface area contributed by atoms with Gasteiger partial charge in [0.05, 0.1) is 17.6 Å². The fourth-order valence-corrected chi connectivity index (χ4v) is 1.98. The van der Waals surface area contributed by atoms with Gasteiger partial charge in [0.2, 0.25) is 0 Å². The largest absolute Gasteiger partial charge is 0.507 e. The van der Waals surface area contributed by atoms with Crippen molar-refractivity contribution in [3.05, 3.63) is 52.8 Å². The first kappa shape index (κ1) is 14.1. The number of aromatic hydroxyl groups is 1. The number of fused-ring (bicyclic) bond motifs is 1. The number of hydrogen-bond acceptors (Lipinski definition) is 3. The lowest BCUT2D eigenvalue weighted by atomic mass is 10.1. The molecule has 1 aromatic heterocycles. The van der Waals surface area contributed by atoms with Crippen molar-refractivity contribution in [3.8, 4) is 5.75 Å². The summed E-state index contributed by atoms with van der Waals surface area (Å²) in [6.45, 7) is 4.25. The maximum atomic E-state index is 11.9. The maximum Gasteiger partial charge on any atom is 0.257 e. The molecular weight excluding hydrogens is 274 g/mol. The molecule has 5 nitrogen and oxygen atoms in total. The SMILES string of the molecule is C=CCNC(=S)NCc1c(O)c2ccccc2[nH]c1=O. The van der Waals surface area contributed by atoms with Crippen LogP contribution in [-0.4, -0.2) is 21.7 Å². The molecule has 0 aliphatic rings. The predicted octanol–water partition coefficient (Wildman–Crippen LogP) is 1.38. The Balaban J connectivity index is 2.24. The van der Waals surface area contributed by atoms with Crippen LogP contribution in [0.5, 0.6) is 5.75 Å². The molecule has 0 unspecified atom stereocenters. The molecule has 0 amide bonds. The lowest BCUT2D eigenvalue weighted by Gasteiger charge is -2.10. The van der Waals surface area contributed by atoms with Gasteiger partial charge in [0.15, 0.2) is 5.11 Å². The number of aromatic amines is 1. The first-order valence-electron chi connectivity index (χ1n) is 6.09. The summed E-state index contributed by atoms with van der Waals surface area (Å²) >= 11 is 5.04. The smallest absolute Gasteiger partial charge is 0.257 e. The van der Waals surface area contributed by atoms with E-state index >= 15 is 0 Å². The van der Waals surface area contributed by atoms with Crippen LogP contribution >= 0.6 is 12.2 Å². The van der Waals surface area contributed by atoms with Gasteiger partial charge in [-0.3, -0.25) is 4.79 Å². The Labute approximate surface area is 121 Å². The topological polar surface area (TPSA) is 77.2 Å². The first-order valence-corrected chi connectivity index (χ1v) is 6.49. The van der Waals surface area contributed by atoms with E-state index < -0.39 is 0 Å². The fraction of sp³-hybridized carbons (Fsp3) is 0.143. The number of pyridine rings is 1. The molecule has 0 aliphatic carbocycles. The van der Waals surface area contributed by atoms with E-state index in [2.05, 4.69) is 22.2 Å². The summed E-state index contributed by atoms with van der Waals surface area (Å²) in [5.74, 6) is -0.0247. The Hall–Kier alpha value is -2.34. The van der Waals surface area contributed by atoms with Crippen LogP contribution in [0.2, 0.25) is 0 Å². The third kappa shape index (κ3) is 2.97. The van der Waals surface area contributed by atoms with E-state index in [1.54, 1.807) is 30.3 Å². The molecule has 2 aromatic rings. The second kappa shape index (κ2) is 6.21. The van der Waals surface area contributed by atoms with Crippen LogP contribution in [0.15, 0.2) is 41.7 Å². The van der Waals surface area contributed by atoms with Gasteiger partial charge in [-0.05, 0) is 24.4 Å². The molecule has 0 atom stereocenters. The van der Waals surface area contributed by atoms with Crippen molar-refractivity contribution >= 4 is 28.2 Å². The van der Waals surface area contributed by atoms with E-state index in [-0.39, 0.29) is 23.4 Å². The van der Waals surface area contributed by atoms with Gasteiger partial charge in [0, 0.05) is 11.9 Å². The van der Waals surface area contributed by atoms with Gasteiger partial charge in [-0.15, -0.1) is 6.58 Å². The second-order valence-electron chi connectivity index (χ2n) is 4.18. The summed E-state index contributed by atoms with van der Waals surface area (Å²) in [6.07, 6.45) is 1.67. The van der Waals surface area contributed by atoms with Crippen molar-refractivity contribution in [2.45, 2.75) is 6.54 Å². The van der Waals surface area contributed by atoms with Crippen molar-refractivity contribution < 1.29 is 5.11 Å². The summed E-state index contributed by atoms with van der Waals surface area (Å²) in [7, 11) is 0. The Kier molecular flexibility index (Phi) is 4.37. The molecule has 0 fully saturated rings. The number of thiocarbonyl (C=S) groups is 1. The molecule has 0 radical (unpaired) electrons. The highest BCUT2D eigenvalue weighted by Crippen LogP contribution is 2.24. The number of benzene rings is 1. The number of nitrogens with one attached hydrogen (secondary N) is 3. The minimum atomic E-state index is -0.333. The van der Waals surface area contributed by atoms with Gasteiger partial charge >= 0.3 is 0 Å². The van der Waals surface area contributed by atoms with Gasteiger partial charge in [-0.25, -0.2) is 0 Å². The van der Waals surface area contributed by atoms with Crippen molar-refractivity contribution in [1.82, 2.24) is 15.6 Å². The summed E-state index contributed by atoms with van der Waals surface area (Å²) < 4.78 is 0. The van der Waals surface area contributed by atoms with E-state index in [1.165, 1.54) is 0 Å². The summed E-state index contributed by atoms with van der Waals surface area (Å²) in [4.78, 5) is 14.7. The van der Waals surface area contributed by atoms with Crippen molar-refractivity contribution in [3.63, 3.8) is 0 Å². The molecule has 20 heavy (non-hydrogen) atoms. The summed E-state index contributed by atoms with van der Waals surface area (Å²) in [5, 5.41) is 16.9. The van der Waals surface area contributed by atoms with E-state index in [0.29, 0.717) is 22.6 Å². The third-order valence-corrected chi connectivity index (χ3v) is 3.11. The average Bonchev–Trinajstić information content (AvgIpc) is 2.45. The molecule has 0 bridgehead atoms. The quantitative estimate of drug-likeness (QED) is 0.505. The Morgan fingerprint density at radius 3 is 2.90 bits per heavy atom. The normalized spacial score (nSPS) is 10.2. The van der Waals surface area contributed by atoms with Gasteiger partial charge < -0.3 is 20.7 Å². The van der Waals surface area contributed by atoms with Crippen LogP contribution in [0.4, 0.5) is 0 Å². The van der Waals surface area contributed by atoms with Gasteiger partial charge in [0.1, 0.15) is 5.75 Å². The van der Waals surface area contributed by atoms with Crippen LogP contribution in [-0.2, 0) is 6.54 Å². The van der Waals surface area contributed by atoms with Gasteiger partial charge in [-0.1, -0.05) is 18.2 Å². The first-order chi connectivity index (χ1) is 9.63. The van der Waals surface area contributed by atoms with Crippen LogP contribution in [0.1, 0.15) is 5.56 Å². The molecule has 0 saturated carbocycles. The Morgan fingerprint density at radius 1 is 1.40 bits per heavy atom. The predicted molar refractivity (Wildman–Crippen MR) is 83.9 cm³/mol. The molecular formula is C14H15N3O2S. The number of H-pyrrole nitrogens is 1. The fourth-order valence-electron chi connectivity index (χ4n) is 1.83. The lowest BCUT2D eigenvalue weighted by Crippen LogP contribution is -2.36. The highest BCUT2D eigenvalue weighted by Gasteiger charge is 2.11. The Bertz CT molecular complexity index is 709. The number of rotatable bonds is 4. The van der Waals surface area contributed by atoms with E-state index in [4.69, 9.17) is 12.2 Å². The number of aromatic nitrogens is 1. The van der Waals surface area contributed by atoms with E-state index in [1.807, 2.05) is 0 Å². The molecule has 0 spiro atoms. The number of hydrogen-bond donors (Lipinski definition) is 4. The molecule has 6 heteroatoms. The summed E-state index contributed by atoms with van der Waals surface area (Å²) in [5.41, 5.74) is 0.526. The van der Waals surface area contributed by atoms with Gasteiger partial charge in [-0.2, -0.15) is 0 Å². The molecule has 104 valence electrons. The van der Waals surface area contributed by atoms with Crippen molar-refractivity contribution in [2.75, 3.05) is 6.54 Å². The van der Waals surface area contributed by atoms with E-state index in [0.717, 1.165) is 0 Å². The highest BCUT2D eigenvalue weighted by molar-refractivity contribution is 7.80. The number of para-hydroxylation sites is 1. The molecule has 0 saturated heterocycles. The standard InChI is InChI=1S/C14H15N3O2S/c1-2-7-15-14(20)16-8-10-12(18)9-5-3-4-6-11(9)17-13(10)19/h2-6H,1,7-8H2,(H2,15,16,20)(H2,17,18,19). The van der Waals surface area contributed by atoms with Crippen LogP contribution in [0.25, 0.3) is 10.9 Å². The minimum absolute atomic E-state index is 0.0247. The third-order valence-electron chi connectivity index (χ3n) is 2.82. The molecule has 1 heterocycles. The second-order valence-corrected chi connectivity index (χ2v) is 4.59. The van der Waals surface area contributed by atoms with Crippen LogP contribution in [0, 0.1) is 0 Å². The zero-order valence-electron chi connectivity index (χ0n) is 10.8. The van der Waals surface area contributed by atoms with Crippen LogP contribution in [0.3, 0.4) is 0 Å². The molecule has 0 aliphatic heterocycles. The zero-order chi connectivity index (χ0) is 14.5. The molecule has 4 N–H and O–H groups in total. The molecule has 1 aromatic carbocycles. The average molecular weight is 289 g/mol. The van der Waals surface area contributed by atoms with Gasteiger partial charge in [0.25, 0.3) is 5.56 Å². The highest BCUT2D eigenvalue weighted by atomic mass is 32.1. The zero-order valence-corrected chi connectivity index (χ0v) is 11.6. The van der Waals surface area contributed by atoms with Crippen molar-refractivity contribution in [1.29, 1.82) is 0 Å². The monoisotopic (exact) mass is 289 g/mol.